The minimum absolute atomic E-state index is 0.0697. The van der Waals surface area contributed by atoms with Gasteiger partial charge in [0.15, 0.2) is 11.5 Å². The lowest BCUT2D eigenvalue weighted by atomic mass is 10.0. The Morgan fingerprint density at radius 2 is 1.96 bits per heavy atom. The Balaban J connectivity index is 1.79. The van der Waals surface area contributed by atoms with Crippen LogP contribution in [0.25, 0.3) is 0 Å². The van der Waals surface area contributed by atoms with Crippen LogP contribution in [-0.4, -0.2) is 37.4 Å². The number of piperazine rings is 1. The highest BCUT2D eigenvalue weighted by Gasteiger charge is 2.45. The Morgan fingerprint density at radius 3 is 2.67 bits per heavy atom. The van der Waals surface area contributed by atoms with E-state index in [1.807, 2.05) is 18.2 Å². The molecule has 1 saturated heterocycles. The number of hydrogen-bond acceptors (Lipinski definition) is 5. The topological polar surface area (TPSA) is 33.7 Å². The highest BCUT2D eigenvalue weighted by molar-refractivity contribution is 7.16. The van der Waals surface area contributed by atoms with Crippen molar-refractivity contribution in [2.45, 2.75) is 12.3 Å². The van der Waals surface area contributed by atoms with E-state index in [0.717, 1.165) is 31.1 Å². The number of nitrogens with one attached hydrogen (secondary N) is 1. The van der Waals surface area contributed by atoms with Crippen molar-refractivity contribution in [3.8, 4) is 11.5 Å². The number of fused-ring (bicyclic) bond motifs is 1. The van der Waals surface area contributed by atoms with Crippen LogP contribution in [0, 0.1) is 0 Å². The molecule has 4 rings (SSSR count). The standard InChI is InChI=1S/C16H15ClF2N2O2S/c17-13-5-4-12(24-13)14(21-8-6-20-7-9-21)10-2-1-3-11-15(10)23-16(18,19)22-11/h1-5,14,20H,6-9H2/t14-/m0/s1. The van der Waals surface area contributed by atoms with Crippen LogP contribution < -0.4 is 14.8 Å². The van der Waals surface area contributed by atoms with Crippen molar-refractivity contribution in [2.24, 2.45) is 0 Å². The monoisotopic (exact) mass is 372 g/mol. The first kappa shape index (κ1) is 16.1. The van der Waals surface area contributed by atoms with Gasteiger partial charge in [-0.2, -0.15) is 0 Å². The summed E-state index contributed by atoms with van der Waals surface area (Å²) in [5.41, 5.74) is 0.671. The molecule has 1 aromatic carbocycles. The SMILES string of the molecule is FC1(F)Oc2cccc([C@@H](c3ccc(Cl)s3)N3CCNCC3)c2O1. The number of hydrogen-bond donors (Lipinski definition) is 1. The maximum atomic E-state index is 13.5. The van der Waals surface area contributed by atoms with E-state index in [1.54, 1.807) is 6.07 Å². The molecule has 0 spiro atoms. The third-order valence-electron chi connectivity index (χ3n) is 4.13. The van der Waals surface area contributed by atoms with Crippen molar-refractivity contribution in [1.29, 1.82) is 0 Å². The summed E-state index contributed by atoms with van der Waals surface area (Å²) in [5.74, 6) is 0.177. The lowest BCUT2D eigenvalue weighted by Gasteiger charge is -2.35. The maximum absolute atomic E-state index is 13.5. The highest BCUT2D eigenvalue weighted by atomic mass is 35.5. The number of para-hydroxylation sites is 1. The number of benzene rings is 1. The predicted octanol–water partition coefficient (Wildman–Crippen LogP) is 3.72. The molecule has 4 nitrogen and oxygen atoms in total. The molecule has 0 unspecified atom stereocenters. The molecule has 2 aliphatic rings. The van der Waals surface area contributed by atoms with Crippen LogP contribution in [-0.2, 0) is 0 Å². The largest absolute Gasteiger partial charge is 0.586 e. The first-order valence-corrected chi connectivity index (χ1v) is 8.82. The molecule has 3 heterocycles. The zero-order chi connectivity index (χ0) is 16.7. The molecular weight excluding hydrogens is 358 g/mol. The minimum Gasteiger partial charge on any atom is -0.395 e. The Bertz CT molecular complexity index is 749. The molecule has 24 heavy (non-hydrogen) atoms. The van der Waals surface area contributed by atoms with E-state index < -0.39 is 6.29 Å². The second-order valence-electron chi connectivity index (χ2n) is 5.67. The van der Waals surface area contributed by atoms with Crippen LogP contribution in [0.4, 0.5) is 8.78 Å². The first-order valence-electron chi connectivity index (χ1n) is 7.62. The molecule has 0 amide bonds. The number of rotatable bonds is 3. The fourth-order valence-electron chi connectivity index (χ4n) is 3.15. The van der Waals surface area contributed by atoms with E-state index in [4.69, 9.17) is 16.3 Å². The van der Waals surface area contributed by atoms with Gasteiger partial charge >= 0.3 is 6.29 Å². The predicted molar refractivity (Wildman–Crippen MR) is 88.3 cm³/mol. The van der Waals surface area contributed by atoms with Gasteiger partial charge in [0.25, 0.3) is 0 Å². The molecule has 0 saturated carbocycles. The van der Waals surface area contributed by atoms with Crippen LogP contribution in [0.15, 0.2) is 30.3 Å². The highest BCUT2D eigenvalue weighted by Crippen LogP contribution is 2.48. The smallest absolute Gasteiger partial charge is 0.395 e. The summed E-state index contributed by atoms with van der Waals surface area (Å²) >= 11 is 7.55. The number of alkyl halides is 2. The lowest BCUT2D eigenvalue weighted by Crippen LogP contribution is -2.45. The fourth-order valence-corrected chi connectivity index (χ4v) is 4.37. The van der Waals surface area contributed by atoms with E-state index in [2.05, 4.69) is 15.0 Å². The lowest BCUT2D eigenvalue weighted by molar-refractivity contribution is -0.287. The van der Waals surface area contributed by atoms with Gasteiger partial charge < -0.3 is 14.8 Å². The summed E-state index contributed by atoms with van der Waals surface area (Å²) in [6.07, 6.45) is -3.63. The molecule has 0 radical (unpaired) electrons. The minimum atomic E-state index is -3.63. The third kappa shape index (κ3) is 2.97. The van der Waals surface area contributed by atoms with Crippen molar-refractivity contribution in [1.82, 2.24) is 10.2 Å². The van der Waals surface area contributed by atoms with Crippen molar-refractivity contribution in [3.05, 3.63) is 45.1 Å². The molecule has 0 aliphatic carbocycles. The van der Waals surface area contributed by atoms with E-state index in [-0.39, 0.29) is 17.5 Å². The average Bonchev–Trinajstić information content (AvgIpc) is 3.11. The number of ether oxygens (including phenoxy) is 2. The fraction of sp³-hybridized carbons (Fsp3) is 0.375. The van der Waals surface area contributed by atoms with Crippen LogP contribution in [0.3, 0.4) is 0 Å². The summed E-state index contributed by atoms with van der Waals surface area (Å²) < 4.78 is 37.2. The Morgan fingerprint density at radius 1 is 1.17 bits per heavy atom. The molecule has 0 bridgehead atoms. The second kappa shape index (κ2) is 6.15. The van der Waals surface area contributed by atoms with Crippen LogP contribution in [0.1, 0.15) is 16.5 Å². The summed E-state index contributed by atoms with van der Waals surface area (Å²) in [6, 6.07) is 8.58. The summed E-state index contributed by atoms with van der Waals surface area (Å²) in [4.78, 5) is 3.24. The van der Waals surface area contributed by atoms with Gasteiger partial charge in [-0.05, 0) is 18.2 Å². The van der Waals surface area contributed by atoms with Gasteiger partial charge in [-0.25, -0.2) is 0 Å². The summed E-state index contributed by atoms with van der Waals surface area (Å²) in [6.45, 7) is 3.30. The molecule has 128 valence electrons. The molecule has 2 aliphatic heterocycles. The zero-order valence-electron chi connectivity index (χ0n) is 12.6. The molecule has 2 aromatic rings. The number of thiophene rings is 1. The van der Waals surface area contributed by atoms with Crippen LogP contribution in [0.5, 0.6) is 11.5 Å². The second-order valence-corrected chi connectivity index (χ2v) is 7.42. The van der Waals surface area contributed by atoms with E-state index in [1.165, 1.54) is 17.4 Å². The van der Waals surface area contributed by atoms with E-state index in [9.17, 15) is 8.78 Å². The molecule has 8 heteroatoms. The van der Waals surface area contributed by atoms with Gasteiger partial charge in [-0.15, -0.1) is 20.1 Å². The van der Waals surface area contributed by atoms with E-state index >= 15 is 0 Å². The normalized spacial score (nSPS) is 21.0. The van der Waals surface area contributed by atoms with Crippen LogP contribution >= 0.6 is 22.9 Å². The van der Waals surface area contributed by atoms with Crippen molar-refractivity contribution in [3.63, 3.8) is 0 Å². The van der Waals surface area contributed by atoms with Gasteiger partial charge in [-0.3, -0.25) is 4.90 Å². The van der Waals surface area contributed by atoms with Gasteiger partial charge in [0.05, 0.1) is 10.4 Å². The Labute approximate surface area is 146 Å². The summed E-state index contributed by atoms with van der Waals surface area (Å²) in [7, 11) is 0. The van der Waals surface area contributed by atoms with Gasteiger partial charge in [0, 0.05) is 36.6 Å². The van der Waals surface area contributed by atoms with Crippen molar-refractivity contribution >= 4 is 22.9 Å². The maximum Gasteiger partial charge on any atom is 0.586 e. The van der Waals surface area contributed by atoms with E-state index in [0.29, 0.717) is 9.90 Å². The molecule has 1 fully saturated rings. The van der Waals surface area contributed by atoms with Crippen LogP contribution in [0.2, 0.25) is 4.34 Å². The van der Waals surface area contributed by atoms with Gasteiger partial charge in [0.1, 0.15) is 0 Å². The van der Waals surface area contributed by atoms with Crippen molar-refractivity contribution < 1.29 is 18.3 Å². The average molecular weight is 373 g/mol. The Kier molecular flexibility index (Phi) is 4.12. The molecule has 1 aromatic heterocycles. The van der Waals surface area contributed by atoms with Gasteiger partial charge in [0.2, 0.25) is 0 Å². The quantitative estimate of drug-likeness (QED) is 0.890. The first-order chi connectivity index (χ1) is 11.5. The third-order valence-corrected chi connectivity index (χ3v) is 5.42. The molecular formula is C16H15ClF2N2O2S. The molecule has 1 N–H and O–H groups in total. The number of halogens is 3. The van der Waals surface area contributed by atoms with Gasteiger partial charge in [-0.1, -0.05) is 23.7 Å². The number of nitrogens with zero attached hydrogens (tertiary/aromatic N) is 1. The van der Waals surface area contributed by atoms with Crippen molar-refractivity contribution in [2.75, 3.05) is 26.2 Å². The zero-order valence-corrected chi connectivity index (χ0v) is 14.2. The Hall–Kier alpha value is -1.41. The summed E-state index contributed by atoms with van der Waals surface area (Å²) in [5, 5.41) is 3.30. The molecule has 1 atom stereocenters.